The van der Waals surface area contributed by atoms with Crippen LogP contribution in [-0.4, -0.2) is 11.8 Å². The van der Waals surface area contributed by atoms with Crippen molar-refractivity contribution < 1.29 is 4.79 Å². The number of Topliss-reactive ketones (excluding diaryl/α,β-unsaturated/α-hetero) is 1. The molecule has 43 heavy (non-hydrogen) atoms. The summed E-state index contributed by atoms with van der Waals surface area (Å²) in [4.78, 5) is 18.9. The van der Waals surface area contributed by atoms with Crippen LogP contribution in [0.5, 0.6) is 0 Å². The molecule has 5 aromatic rings. The molecule has 2 aliphatic rings. The van der Waals surface area contributed by atoms with Crippen LogP contribution in [0.3, 0.4) is 0 Å². The van der Waals surface area contributed by atoms with Gasteiger partial charge in [0.05, 0.1) is 0 Å². The van der Waals surface area contributed by atoms with Crippen LogP contribution in [0.15, 0.2) is 139 Å². The number of hydrogen-bond donors (Lipinski definition) is 0. The molecule has 1 atom stereocenters. The van der Waals surface area contributed by atoms with Gasteiger partial charge in [-0.1, -0.05) is 72.8 Å². The summed E-state index contributed by atoms with van der Waals surface area (Å²) in [6.07, 6.45) is 4.88. The Morgan fingerprint density at radius 2 is 1.14 bits per heavy atom. The molecule has 1 unspecified atom stereocenters. The zero-order chi connectivity index (χ0) is 29.5. The Morgan fingerprint density at radius 1 is 0.581 bits per heavy atom. The van der Waals surface area contributed by atoms with E-state index in [-0.39, 0.29) is 5.78 Å². The molecule has 0 bridgehead atoms. The average molecular weight is 559 g/mol. The van der Waals surface area contributed by atoms with E-state index < -0.39 is 6.04 Å². The number of nitrogens with zero attached hydrogens (tertiary/aromatic N) is 2. The van der Waals surface area contributed by atoms with E-state index in [1.165, 1.54) is 22.3 Å². The quantitative estimate of drug-likeness (QED) is 0.207. The second-order valence-electron chi connectivity index (χ2n) is 11.6. The van der Waals surface area contributed by atoms with Crippen LogP contribution < -0.4 is 9.80 Å². The Labute approximate surface area is 254 Å². The summed E-state index contributed by atoms with van der Waals surface area (Å²) in [7, 11) is 0. The van der Waals surface area contributed by atoms with Crippen LogP contribution in [0.2, 0.25) is 0 Å². The predicted molar refractivity (Wildman–Crippen MR) is 179 cm³/mol. The lowest BCUT2D eigenvalue weighted by Gasteiger charge is -2.33. The van der Waals surface area contributed by atoms with Gasteiger partial charge in [0, 0.05) is 40.4 Å². The summed E-state index contributed by atoms with van der Waals surface area (Å²) in [5, 5.41) is 0. The summed E-state index contributed by atoms with van der Waals surface area (Å²) in [5.41, 5.74) is 13.2. The standard InChI is InChI=1S/C40H34N2O/c1-27-10-7-15-32(22-27)41(31-13-5-4-6-14-31)35-18-19-36-30(25-35)26-38-37(36)20-21-39(40(38)43)42(33-16-8-11-28(2)23-33)34-17-9-12-29(3)24-34/h4-25,39H,26H2,1-3H3. The number of fused-ring (bicyclic) bond motifs is 2. The van der Waals surface area contributed by atoms with Gasteiger partial charge in [-0.05, 0) is 115 Å². The monoisotopic (exact) mass is 558 g/mol. The van der Waals surface area contributed by atoms with Crippen molar-refractivity contribution in [2.24, 2.45) is 0 Å². The lowest BCUT2D eigenvalue weighted by molar-refractivity contribution is -0.115. The Bertz CT molecular complexity index is 1870. The second-order valence-corrected chi connectivity index (χ2v) is 11.6. The van der Waals surface area contributed by atoms with Crippen LogP contribution in [-0.2, 0) is 11.2 Å². The molecule has 5 aromatic carbocycles. The van der Waals surface area contributed by atoms with Gasteiger partial charge in [-0.15, -0.1) is 0 Å². The van der Waals surface area contributed by atoms with Gasteiger partial charge < -0.3 is 9.80 Å². The molecule has 7 rings (SSSR count). The van der Waals surface area contributed by atoms with E-state index in [0.29, 0.717) is 6.42 Å². The van der Waals surface area contributed by atoms with Crippen molar-refractivity contribution in [3.05, 3.63) is 167 Å². The zero-order valence-electron chi connectivity index (χ0n) is 24.8. The number of hydrogen-bond acceptors (Lipinski definition) is 3. The third-order valence-electron chi connectivity index (χ3n) is 8.45. The predicted octanol–water partition coefficient (Wildman–Crippen LogP) is 9.74. The third-order valence-corrected chi connectivity index (χ3v) is 8.45. The van der Waals surface area contributed by atoms with E-state index in [1.807, 2.05) is 6.07 Å². The number of rotatable bonds is 6. The number of allylic oxidation sites excluding steroid dienone is 2. The molecule has 210 valence electrons. The summed E-state index contributed by atoms with van der Waals surface area (Å²) in [6.45, 7) is 6.31. The van der Waals surface area contributed by atoms with E-state index >= 15 is 0 Å². The molecule has 0 aliphatic heterocycles. The molecule has 2 aliphatic carbocycles. The first kappa shape index (κ1) is 26.7. The molecule has 0 amide bonds. The first-order valence-corrected chi connectivity index (χ1v) is 14.9. The highest BCUT2D eigenvalue weighted by molar-refractivity contribution is 6.14. The van der Waals surface area contributed by atoms with Crippen LogP contribution in [0.1, 0.15) is 27.8 Å². The molecule has 0 aromatic heterocycles. The van der Waals surface area contributed by atoms with Gasteiger partial charge in [-0.2, -0.15) is 0 Å². The Kier molecular flexibility index (Phi) is 6.79. The van der Waals surface area contributed by atoms with E-state index in [1.54, 1.807) is 0 Å². The maximum atomic E-state index is 14.4. The second kappa shape index (κ2) is 10.9. The SMILES string of the molecule is Cc1cccc(N(c2ccccc2)c2ccc3c(c2)CC2=C3C=CC(N(c3cccc(C)c3)c3cccc(C)c3)C2=O)c1. The fourth-order valence-corrected chi connectivity index (χ4v) is 6.46. The molecule has 0 fully saturated rings. The fourth-order valence-electron chi connectivity index (χ4n) is 6.46. The average Bonchev–Trinajstić information content (AvgIpc) is 3.38. The lowest BCUT2D eigenvalue weighted by atomic mass is 9.91. The number of benzene rings is 5. The van der Waals surface area contributed by atoms with Crippen LogP contribution in [0, 0.1) is 20.8 Å². The van der Waals surface area contributed by atoms with Gasteiger partial charge in [0.2, 0.25) is 0 Å². The Hall–Kier alpha value is -5.15. The van der Waals surface area contributed by atoms with Crippen LogP contribution >= 0.6 is 0 Å². The van der Waals surface area contributed by atoms with Crippen molar-refractivity contribution in [3.63, 3.8) is 0 Å². The summed E-state index contributed by atoms with van der Waals surface area (Å²) in [5.74, 6) is 0.164. The largest absolute Gasteiger partial charge is 0.327 e. The minimum Gasteiger partial charge on any atom is -0.327 e. The van der Waals surface area contributed by atoms with Gasteiger partial charge in [-0.25, -0.2) is 0 Å². The van der Waals surface area contributed by atoms with Crippen molar-refractivity contribution >= 4 is 39.8 Å². The number of ketones is 1. The van der Waals surface area contributed by atoms with Crippen molar-refractivity contribution in [3.8, 4) is 0 Å². The zero-order valence-corrected chi connectivity index (χ0v) is 24.8. The Balaban J connectivity index is 1.25. The molecule has 0 N–H and O–H groups in total. The summed E-state index contributed by atoms with van der Waals surface area (Å²) < 4.78 is 0. The summed E-state index contributed by atoms with van der Waals surface area (Å²) >= 11 is 0. The van der Waals surface area contributed by atoms with Crippen LogP contribution in [0.25, 0.3) is 5.57 Å². The fraction of sp³-hybridized carbons (Fsp3) is 0.125. The van der Waals surface area contributed by atoms with E-state index in [0.717, 1.165) is 45.1 Å². The molecular weight excluding hydrogens is 524 g/mol. The smallest absolute Gasteiger partial charge is 0.186 e. The van der Waals surface area contributed by atoms with Gasteiger partial charge in [0.1, 0.15) is 6.04 Å². The normalized spacial score (nSPS) is 15.3. The molecule has 3 nitrogen and oxygen atoms in total. The third kappa shape index (κ3) is 4.97. The van der Waals surface area contributed by atoms with Gasteiger partial charge in [-0.3, -0.25) is 4.79 Å². The highest BCUT2D eigenvalue weighted by Gasteiger charge is 2.36. The maximum Gasteiger partial charge on any atom is 0.186 e. The van der Waals surface area contributed by atoms with Crippen molar-refractivity contribution in [1.82, 2.24) is 0 Å². The Morgan fingerprint density at radius 3 is 1.77 bits per heavy atom. The van der Waals surface area contributed by atoms with Crippen molar-refractivity contribution in [2.45, 2.75) is 33.2 Å². The molecule has 0 spiro atoms. The summed E-state index contributed by atoms with van der Waals surface area (Å²) in [6, 6.07) is 42.1. The number of anilines is 5. The van der Waals surface area contributed by atoms with E-state index in [9.17, 15) is 4.79 Å². The number of para-hydroxylation sites is 1. The molecule has 0 radical (unpaired) electrons. The van der Waals surface area contributed by atoms with E-state index in [2.05, 4.69) is 158 Å². The van der Waals surface area contributed by atoms with Crippen molar-refractivity contribution in [2.75, 3.05) is 9.80 Å². The highest BCUT2D eigenvalue weighted by atomic mass is 16.1. The minimum absolute atomic E-state index is 0.164. The number of carbonyl (C=O) groups is 1. The first-order valence-electron chi connectivity index (χ1n) is 14.9. The van der Waals surface area contributed by atoms with E-state index in [4.69, 9.17) is 0 Å². The maximum absolute atomic E-state index is 14.4. The molecule has 0 heterocycles. The van der Waals surface area contributed by atoms with Crippen molar-refractivity contribution in [1.29, 1.82) is 0 Å². The van der Waals surface area contributed by atoms with Gasteiger partial charge >= 0.3 is 0 Å². The number of carbonyl (C=O) groups excluding carboxylic acids is 1. The van der Waals surface area contributed by atoms with Gasteiger partial charge in [0.25, 0.3) is 0 Å². The highest BCUT2D eigenvalue weighted by Crippen LogP contribution is 2.43. The molecule has 3 heteroatoms. The van der Waals surface area contributed by atoms with Crippen LogP contribution in [0.4, 0.5) is 28.4 Å². The molecule has 0 saturated carbocycles. The molecule has 0 saturated heterocycles. The lowest BCUT2D eigenvalue weighted by Crippen LogP contribution is -2.39. The number of aryl methyl sites for hydroxylation is 3. The molecular formula is C40H34N2O. The minimum atomic E-state index is -0.413. The van der Waals surface area contributed by atoms with Gasteiger partial charge in [0.15, 0.2) is 5.78 Å². The topological polar surface area (TPSA) is 23.6 Å². The first-order chi connectivity index (χ1) is 21.0.